The van der Waals surface area contributed by atoms with Crippen molar-refractivity contribution in [2.24, 2.45) is 0 Å². The fourth-order valence-electron chi connectivity index (χ4n) is 2.04. The predicted molar refractivity (Wildman–Crippen MR) is 81.7 cm³/mol. The number of aryl methyl sites for hydroxylation is 1. The number of nitrogens with one attached hydrogen (secondary N) is 1. The first-order valence-corrected chi connectivity index (χ1v) is 6.68. The molecule has 0 unspecified atom stereocenters. The second kappa shape index (κ2) is 6.23. The fraction of sp³-hybridized carbons (Fsp3) is 0.312. The molecule has 100 valence electrons. The zero-order valence-electron chi connectivity index (χ0n) is 11.9. The van der Waals surface area contributed by atoms with Crippen LogP contribution < -0.4 is 10.2 Å². The molecule has 0 aliphatic heterocycles. The lowest BCUT2D eigenvalue weighted by molar-refractivity contribution is 0.810. The van der Waals surface area contributed by atoms with Crippen LogP contribution in [0.2, 0.25) is 0 Å². The second-order valence-electron chi connectivity index (χ2n) is 4.61. The minimum absolute atomic E-state index is 0.828. The van der Waals surface area contributed by atoms with E-state index in [9.17, 15) is 0 Å². The van der Waals surface area contributed by atoms with Gasteiger partial charge in [0.2, 0.25) is 0 Å². The fourth-order valence-corrected chi connectivity index (χ4v) is 2.04. The van der Waals surface area contributed by atoms with E-state index in [1.54, 1.807) is 0 Å². The van der Waals surface area contributed by atoms with Crippen LogP contribution in [0.25, 0.3) is 0 Å². The van der Waals surface area contributed by atoms with Gasteiger partial charge in [-0.05, 0) is 38.1 Å². The molecule has 2 rings (SSSR count). The minimum Gasteiger partial charge on any atom is -0.373 e. The monoisotopic (exact) mass is 255 g/mol. The van der Waals surface area contributed by atoms with Crippen molar-refractivity contribution >= 4 is 11.5 Å². The molecule has 0 fully saturated rings. The average Bonchev–Trinajstić information content (AvgIpc) is 2.46. The highest BCUT2D eigenvalue weighted by Crippen LogP contribution is 2.17. The molecule has 0 saturated heterocycles. The van der Waals surface area contributed by atoms with E-state index >= 15 is 0 Å². The first kappa shape index (κ1) is 13.4. The molecule has 0 atom stereocenters. The van der Waals surface area contributed by atoms with E-state index in [2.05, 4.69) is 59.4 Å². The Morgan fingerprint density at radius 1 is 1.11 bits per heavy atom. The molecule has 0 saturated carbocycles. The smallest absolute Gasteiger partial charge is 0.126 e. The van der Waals surface area contributed by atoms with Gasteiger partial charge >= 0.3 is 0 Å². The molecule has 3 nitrogen and oxygen atoms in total. The highest BCUT2D eigenvalue weighted by atomic mass is 15.1. The summed E-state index contributed by atoms with van der Waals surface area (Å²) in [6.45, 7) is 6.07. The van der Waals surface area contributed by atoms with Crippen LogP contribution in [-0.2, 0) is 6.54 Å². The Bertz CT molecular complexity index is 520. The van der Waals surface area contributed by atoms with Crippen LogP contribution in [0.1, 0.15) is 18.2 Å². The maximum absolute atomic E-state index is 4.57. The molecule has 1 aromatic carbocycles. The molecule has 1 N–H and O–H groups in total. The SMILES string of the molecule is CCN(Cc1cccc(NC)n1)c1ccc(C)cc1. The quantitative estimate of drug-likeness (QED) is 0.887. The number of hydrogen-bond acceptors (Lipinski definition) is 3. The molecule has 0 radical (unpaired) electrons. The van der Waals surface area contributed by atoms with E-state index in [0.717, 1.165) is 24.6 Å². The molecule has 19 heavy (non-hydrogen) atoms. The zero-order valence-corrected chi connectivity index (χ0v) is 11.9. The summed E-state index contributed by atoms with van der Waals surface area (Å²) < 4.78 is 0. The topological polar surface area (TPSA) is 28.2 Å². The number of pyridine rings is 1. The number of hydrogen-bond donors (Lipinski definition) is 1. The van der Waals surface area contributed by atoms with Crippen molar-refractivity contribution in [1.82, 2.24) is 4.98 Å². The summed E-state index contributed by atoms with van der Waals surface area (Å²) in [6.07, 6.45) is 0. The second-order valence-corrected chi connectivity index (χ2v) is 4.61. The maximum atomic E-state index is 4.57. The van der Waals surface area contributed by atoms with Crippen LogP contribution in [0.5, 0.6) is 0 Å². The Balaban J connectivity index is 2.16. The number of anilines is 2. The van der Waals surface area contributed by atoms with E-state index in [1.807, 2.05) is 19.2 Å². The average molecular weight is 255 g/mol. The van der Waals surface area contributed by atoms with Gasteiger partial charge in [0, 0.05) is 19.3 Å². The highest BCUT2D eigenvalue weighted by molar-refractivity contribution is 5.48. The van der Waals surface area contributed by atoms with Crippen molar-refractivity contribution in [3.63, 3.8) is 0 Å². The Morgan fingerprint density at radius 2 is 1.84 bits per heavy atom. The largest absolute Gasteiger partial charge is 0.373 e. The molecule has 2 aromatic rings. The summed E-state index contributed by atoms with van der Waals surface area (Å²) in [4.78, 5) is 6.89. The summed E-state index contributed by atoms with van der Waals surface area (Å²) in [5.74, 6) is 0.914. The van der Waals surface area contributed by atoms with E-state index in [-0.39, 0.29) is 0 Å². The molecule has 1 aromatic heterocycles. The molecule has 0 amide bonds. The Kier molecular flexibility index (Phi) is 4.39. The molecular formula is C16H21N3. The lowest BCUT2D eigenvalue weighted by Gasteiger charge is -2.23. The van der Waals surface area contributed by atoms with E-state index < -0.39 is 0 Å². The molecule has 0 bridgehead atoms. The van der Waals surface area contributed by atoms with E-state index in [4.69, 9.17) is 0 Å². The third kappa shape index (κ3) is 3.47. The minimum atomic E-state index is 0.828. The standard InChI is InChI=1S/C16H21N3/c1-4-19(15-10-8-13(2)9-11-15)12-14-6-5-7-16(17-3)18-14/h5-11H,4,12H2,1-3H3,(H,17,18). The summed E-state index contributed by atoms with van der Waals surface area (Å²) in [6, 6.07) is 14.7. The van der Waals surface area contributed by atoms with Gasteiger partial charge in [0.25, 0.3) is 0 Å². The van der Waals surface area contributed by atoms with Crippen LogP contribution in [0.4, 0.5) is 11.5 Å². The van der Waals surface area contributed by atoms with Gasteiger partial charge in [-0.25, -0.2) is 4.98 Å². The highest BCUT2D eigenvalue weighted by Gasteiger charge is 2.06. The Hall–Kier alpha value is -2.03. The van der Waals surface area contributed by atoms with Crippen molar-refractivity contribution < 1.29 is 0 Å². The van der Waals surface area contributed by atoms with Gasteiger partial charge in [0.1, 0.15) is 5.82 Å². The number of nitrogens with zero attached hydrogens (tertiary/aromatic N) is 2. The van der Waals surface area contributed by atoms with Crippen LogP contribution >= 0.6 is 0 Å². The Labute approximate surface area is 115 Å². The lowest BCUT2D eigenvalue weighted by Crippen LogP contribution is -2.22. The molecule has 0 aliphatic carbocycles. The maximum Gasteiger partial charge on any atom is 0.126 e. The van der Waals surface area contributed by atoms with Gasteiger partial charge in [0.05, 0.1) is 12.2 Å². The van der Waals surface area contributed by atoms with Crippen molar-refractivity contribution in [2.75, 3.05) is 23.8 Å². The molecule has 3 heteroatoms. The third-order valence-corrected chi connectivity index (χ3v) is 3.20. The number of rotatable bonds is 5. The summed E-state index contributed by atoms with van der Waals surface area (Å²) in [5, 5.41) is 3.08. The first-order valence-electron chi connectivity index (χ1n) is 6.68. The van der Waals surface area contributed by atoms with Gasteiger partial charge in [-0.1, -0.05) is 23.8 Å². The van der Waals surface area contributed by atoms with Gasteiger partial charge in [-0.15, -0.1) is 0 Å². The lowest BCUT2D eigenvalue weighted by atomic mass is 10.2. The van der Waals surface area contributed by atoms with Gasteiger partial charge in [-0.2, -0.15) is 0 Å². The van der Waals surface area contributed by atoms with Gasteiger partial charge < -0.3 is 10.2 Å². The van der Waals surface area contributed by atoms with Crippen molar-refractivity contribution in [3.8, 4) is 0 Å². The number of aromatic nitrogens is 1. The first-order chi connectivity index (χ1) is 9.22. The third-order valence-electron chi connectivity index (χ3n) is 3.20. The summed E-state index contributed by atoms with van der Waals surface area (Å²) >= 11 is 0. The van der Waals surface area contributed by atoms with Crippen molar-refractivity contribution in [2.45, 2.75) is 20.4 Å². The molecule has 0 aliphatic rings. The van der Waals surface area contributed by atoms with Gasteiger partial charge in [0.15, 0.2) is 0 Å². The van der Waals surface area contributed by atoms with E-state index in [1.165, 1.54) is 11.3 Å². The van der Waals surface area contributed by atoms with E-state index in [0.29, 0.717) is 0 Å². The molecule has 1 heterocycles. The molecule has 0 spiro atoms. The number of benzene rings is 1. The van der Waals surface area contributed by atoms with Crippen LogP contribution in [0, 0.1) is 6.92 Å². The van der Waals surface area contributed by atoms with Crippen LogP contribution in [-0.4, -0.2) is 18.6 Å². The van der Waals surface area contributed by atoms with Gasteiger partial charge in [-0.3, -0.25) is 0 Å². The Morgan fingerprint density at radius 3 is 2.47 bits per heavy atom. The summed E-state index contributed by atoms with van der Waals surface area (Å²) in [5.41, 5.74) is 3.61. The summed E-state index contributed by atoms with van der Waals surface area (Å²) in [7, 11) is 1.89. The predicted octanol–water partition coefficient (Wildman–Crippen LogP) is 3.46. The van der Waals surface area contributed by atoms with Crippen molar-refractivity contribution in [1.29, 1.82) is 0 Å². The zero-order chi connectivity index (χ0) is 13.7. The normalized spacial score (nSPS) is 10.3. The molecular weight excluding hydrogens is 234 g/mol. The van der Waals surface area contributed by atoms with Crippen LogP contribution in [0.3, 0.4) is 0 Å². The van der Waals surface area contributed by atoms with Crippen LogP contribution in [0.15, 0.2) is 42.5 Å². The van der Waals surface area contributed by atoms with Crippen molar-refractivity contribution in [3.05, 3.63) is 53.7 Å².